The lowest BCUT2D eigenvalue weighted by Gasteiger charge is -2.02. The van der Waals surface area contributed by atoms with Gasteiger partial charge in [0.2, 0.25) is 5.88 Å². The molecule has 0 aliphatic rings. The van der Waals surface area contributed by atoms with E-state index in [0.29, 0.717) is 17.2 Å². The number of hydrogen-bond acceptors (Lipinski definition) is 2. The maximum absolute atomic E-state index is 12.4. The van der Waals surface area contributed by atoms with E-state index in [0.717, 1.165) is 5.69 Å². The summed E-state index contributed by atoms with van der Waals surface area (Å²) in [6.45, 7) is 1.40. The SMILES string of the molecule is Cc1cc(Oc2cccc(CF)c2)n[nH]1. The molecule has 15 heavy (non-hydrogen) atoms. The minimum absolute atomic E-state index is 0.489. The molecule has 0 saturated carbocycles. The minimum Gasteiger partial charge on any atom is -0.438 e. The predicted molar refractivity (Wildman–Crippen MR) is 54.7 cm³/mol. The standard InChI is InChI=1S/C11H11FN2O/c1-8-5-11(14-13-8)15-10-4-2-3-9(6-10)7-12/h2-6H,7H2,1H3,(H,13,14). The zero-order valence-corrected chi connectivity index (χ0v) is 8.33. The normalized spacial score (nSPS) is 10.3. The number of alkyl halides is 1. The summed E-state index contributed by atoms with van der Waals surface area (Å²) >= 11 is 0. The number of halogens is 1. The molecule has 1 aromatic heterocycles. The zero-order valence-electron chi connectivity index (χ0n) is 8.33. The van der Waals surface area contributed by atoms with E-state index in [-0.39, 0.29) is 0 Å². The number of ether oxygens (including phenoxy) is 1. The largest absolute Gasteiger partial charge is 0.438 e. The van der Waals surface area contributed by atoms with Gasteiger partial charge in [0.05, 0.1) is 0 Å². The van der Waals surface area contributed by atoms with Crippen molar-refractivity contribution >= 4 is 0 Å². The minimum atomic E-state index is -0.489. The van der Waals surface area contributed by atoms with Crippen molar-refractivity contribution in [2.45, 2.75) is 13.6 Å². The fraction of sp³-hybridized carbons (Fsp3) is 0.182. The second-order valence-electron chi connectivity index (χ2n) is 3.27. The van der Waals surface area contributed by atoms with Gasteiger partial charge < -0.3 is 4.74 Å². The molecule has 0 atom stereocenters. The Kier molecular flexibility index (Phi) is 2.67. The van der Waals surface area contributed by atoms with E-state index in [9.17, 15) is 4.39 Å². The second-order valence-corrected chi connectivity index (χ2v) is 3.27. The molecule has 2 rings (SSSR count). The lowest BCUT2D eigenvalue weighted by Crippen LogP contribution is -1.86. The van der Waals surface area contributed by atoms with Gasteiger partial charge >= 0.3 is 0 Å². The third kappa shape index (κ3) is 2.34. The number of aromatic amines is 1. The van der Waals surface area contributed by atoms with Crippen LogP contribution in [-0.4, -0.2) is 10.2 Å². The number of rotatable bonds is 3. The third-order valence-corrected chi connectivity index (χ3v) is 1.96. The van der Waals surface area contributed by atoms with E-state index < -0.39 is 6.67 Å². The van der Waals surface area contributed by atoms with Gasteiger partial charge in [-0.15, -0.1) is 5.10 Å². The van der Waals surface area contributed by atoms with Gasteiger partial charge in [-0.05, 0) is 24.6 Å². The molecule has 0 aliphatic carbocycles. The van der Waals surface area contributed by atoms with Gasteiger partial charge in [0.1, 0.15) is 12.4 Å². The summed E-state index contributed by atoms with van der Waals surface area (Å²) in [6.07, 6.45) is 0. The Labute approximate surface area is 86.9 Å². The summed E-state index contributed by atoms with van der Waals surface area (Å²) < 4.78 is 17.8. The molecule has 78 valence electrons. The molecule has 0 bridgehead atoms. The fourth-order valence-corrected chi connectivity index (χ4v) is 1.26. The number of aryl methyl sites for hydroxylation is 1. The van der Waals surface area contributed by atoms with Gasteiger partial charge in [0.15, 0.2) is 0 Å². The van der Waals surface area contributed by atoms with Crippen LogP contribution in [0, 0.1) is 6.92 Å². The van der Waals surface area contributed by atoms with Gasteiger partial charge in [0, 0.05) is 11.8 Å². The molecule has 0 fully saturated rings. The summed E-state index contributed by atoms with van der Waals surface area (Å²) in [5, 5.41) is 6.69. The maximum atomic E-state index is 12.4. The number of hydrogen-bond donors (Lipinski definition) is 1. The summed E-state index contributed by atoms with van der Waals surface area (Å²) in [7, 11) is 0. The Morgan fingerprint density at radius 2 is 2.27 bits per heavy atom. The molecular formula is C11H11FN2O. The Bertz CT molecular complexity index is 453. The molecule has 0 spiro atoms. The van der Waals surface area contributed by atoms with Crippen LogP contribution in [0.1, 0.15) is 11.3 Å². The number of nitrogens with one attached hydrogen (secondary N) is 1. The van der Waals surface area contributed by atoms with Gasteiger partial charge in [-0.1, -0.05) is 12.1 Å². The van der Waals surface area contributed by atoms with Crippen LogP contribution in [0.25, 0.3) is 0 Å². The Morgan fingerprint density at radius 3 is 2.93 bits per heavy atom. The van der Waals surface area contributed by atoms with E-state index in [1.165, 1.54) is 0 Å². The van der Waals surface area contributed by atoms with Crippen molar-refractivity contribution < 1.29 is 9.13 Å². The molecule has 0 unspecified atom stereocenters. The quantitative estimate of drug-likeness (QED) is 0.838. The molecule has 0 amide bonds. The second kappa shape index (κ2) is 4.13. The van der Waals surface area contributed by atoms with Gasteiger partial charge in [0.25, 0.3) is 0 Å². The predicted octanol–water partition coefficient (Wildman–Crippen LogP) is 2.98. The van der Waals surface area contributed by atoms with Crippen LogP contribution in [0.2, 0.25) is 0 Å². The van der Waals surface area contributed by atoms with E-state index >= 15 is 0 Å². The Hall–Kier alpha value is -1.84. The molecule has 1 aromatic carbocycles. The molecule has 0 saturated heterocycles. The molecule has 4 heteroatoms. The Balaban J connectivity index is 2.16. The van der Waals surface area contributed by atoms with E-state index in [4.69, 9.17) is 4.74 Å². The van der Waals surface area contributed by atoms with Crippen molar-refractivity contribution in [2.24, 2.45) is 0 Å². The average Bonchev–Trinajstić information content (AvgIpc) is 2.64. The smallest absolute Gasteiger partial charge is 0.238 e. The first kappa shape index (κ1) is 9.71. The summed E-state index contributed by atoms with van der Waals surface area (Å²) in [4.78, 5) is 0. The van der Waals surface area contributed by atoms with Crippen molar-refractivity contribution in [1.82, 2.24) is 10.2 Å². The third-order valence-electron chi connectivity index (χ3n) is 1.96. The molecule has 0 aliphatic heterocycles. The number of H-pyrrole nitrogens is 1. The van der Waals surface area contributed by atoms with Crippen molar-refractivity contribution in [3.8, 4) is 11.6 Å². The van der Waals surface area contributed by atoms with Crippen LogP contribution in [0.4, 0.5) is 4.39 Å². The van der Waals surface area contributed by atoms with Crippen molar-refractivity contribution in [2.75, 3.05) is 0 Å². The van der Waals surface area contributed by atoms with Crippen LogP contribution in [0.15, 0.2) is 30.3 Å². The molecule has 0 radical (unpaired) electrons. The van der Waals surface area contributed by atoms with Crippen molar-refractivity contribution in [3.05, 3.63) is 41.6 Å². The number of aromatic nitrogens is 2. The highest BCUT2D eigenvalue weighted by molar-refractivity contribution is 5.31. The first-order valence-electron chi connectivity index (χ1n) is 4.62. The van der Waals surface area contributed by atoms with Gasteiger partial charge in [-0.25, -0.2) is 4.39 Å². The Morgan fingerprint density at radius 1 is 1.40 bits per heavy atom. The van der Waals surface area contributed by atoms with E-state index in [1.54, 1.807) is 30.3 Å². The molecular weight excluding hydrogens is 195 g/mol. The number of nitrogens with zero attached hydrogens (tertiary/aromatic N) is 1. The van der Waals surface area contributed by atoms with Crippen LogP contribution in [0.5, 0.6) is 11.6 Å². The first-order chi connectivity index (χ1) is 7.28. The van der Waals surface area contributed by atoms with Crippen LogP contribution in [0.3, 0.4) is 0 Å². The lowest BCUT2D eigenvalue weighted by atomic mass is 10.2. The van der Waals surface area contributed by atoms with E-state index in [2.05, 4.69) is 10.2 Å². The van der Waals surface area contributed by atoms with E-state index in [1.807, 2.05) is 6.92 Å². The van der Waals surface area contributed by atoms with Crippen LogP contribution in [-0.2, 0) is 6.67 Å². The lowest BCUT2D eigenvalue weighted by molar-refractivity contribution is 0.454. The van der Waals surface area contributed by atoms with Crippen molar-refractivity contribution in [1.29, 1.82) is 0 Å². The average molecular weight is 206 g/mol. The topological polar surface area (TPSA) is 37.9 Å². The van der Waals surface area contributed by atoms with Crippen molar-refractivity contribution in [3.63, 3.8) is 0 Å². The zero-order chi connectivity index (χ0) is 10.7. The highest BCUT2D eigenvalue weighted by atomic mass is 19.1. The molecule has 1 heterocycles. The summed E-state index contributed by atoms with van der Waals surface area (Å²) in [5.41, 5.74) is 1.52. The highest BCUT2D eigenvalue weighted by Gasteiger charge is 2.01. The molecule has 3 nitrogen and oxygen atoms in total. The number of benzene rings is 1. The van der Waals surface area contributed by atoms with Gasteiger partial charge in [-0.3, -0.25) is 5.10 Å². The highest BCUT2D eigenvalue weighted by Crippen LogP contribution is 2.21. The molecule has 1 N–H and O–H groups in total. The molecule has 2 aromatic rings. The first-order valence-corrected chi connectivity index (χ1v) is 4.62. The maximum Gasteiger partial charge on any atom is 0.238 e. The monoisotopic (exact) mass is 206 g/mol. The summed E-state index contributed by atoms with van der Waals surface area (Å²) in [6, 6.07) is 8.67. The summed E-state index contributed by atoms with van der Waals surface area (Å²) in [5.74, 6) is 1.08. The van der Waals surface area contributed by atoms with Gasteiger partial charge in [-0.2, -0.15) is 0 Å². The fourth-order valence-electron chi connectivity index (χ4n) is 1.26. The van der Waals surface area contributed by atoms with Crippen LogP contribution >= 0.6 is 0 Å². The van der Waals surface area contributed by atoms with Crippen LogP contribution < -0.4 is 4.74 Å².